The van der Waals surface area contributed by atoms with E-state index in [9.17, 15) is 14.7 Å². The monoisotopic (exact) mass is 340 g/mol. The smallest absolute Gasteiger partial charge is 0.428 e. The average Bonchev–Trinajstić information content (AvgIpc) is 2.34. The van der Waals surface area contributed by atoms with Crippen LogP contribution in [0.3, 0.4) is 0 Å². The predicted octanol–water partition coefficient (Wildman–Crippen LogP) is 3.81. The summed E-state index contributed by atoms with van der Waals surface area (Å²) in [7, 11) is 0. The Morgan fingerprint density at radius 3 is 1.88 bits per heavy atom. The van der Waals surface area contributed by atoms with Gasteiger partial charge in [0.1, 0.15) is 22.7 Å². The van der Waals surface area contributed by atoms with Crippen molar-refractivity contribution in [3.63, 3.8) is 0 Å². The molecule has 0 aliphatic rings. The molecule has 0 heterocycles. The highest BCUT2D eigenvalue weighted by molar-refractivity contribution is 5.67. The zero-order chi connectivity index (χ0) is 18.5. The largest absolute Gasteiger partial charge is 0.514 e. The molecule has 134 valence electrons. The van der Waals surface area contributed by atoms with E-state index in [0.717, 1.165) is 0 Å². The molecule has 0 amide bonds. The number of carbonyl (C=O) groups is 2. The third kappa shape index (κ3) is 7.32. The maximum atomic E-state index is 11.8. The Labute approximate surface area is 141 Å². The predicted molar refractivity (Wildman–Crippen MR) is 86.1 cm³/mol. The molecular formula is C17H24O7. The van der Waals surface area contributed by atoms with Gasteiger partial charge in [-0.25, -0.2) is 9.59 Å². The van der Waals surface area contributed by atoms with E-state index in [4.69, 9.17) is 18.9 Å². The highest BCUT2D eigenvalue weighted by Gasteiger charge is 2.21. The van der Waals surface area contributed by atoms with Gasteiger partial charge in [-0.3, -0.25) is 0 Å². The Balaban J connectivity index is 2.88. The Kier molecular flexibility index (Phi) is 6.20. The van der Waals surface area contributed by atoms with E-state index in [1.54, 1.807) is 41.5 Å². The van der Waals surface area contributed by atoms with Crippen LogP contribution in [-0.4, -0.2) is 28.6 Å². The number of hydrogen-bond donors (Lipinski definition) is 1. The van der Waals surface area contributed by atoms with Crippen molar-refractivity contribution in [1.29, 1.82) is 0 Å². The summed E-state index contributed by atoms with van der Waals surface area (Å²) < 4.78 is 20.2. The van der Waals surface area contributed by atoms with Crippen LogP contribution in [0.2, 0.25) is 0 Å². The van der Waals surface area contributed by atoms with Crippen LogP contribution in [0.15, 0.2) is 18.2 Å². The van der Waals surface area contributed by atoms with Crippen molar-refractivity contribution in [3.05, 3.63) is 23.8 Å². The van der Waals surface area contributed by atoms with E-state index in [2.05, 4.69) is 0 Å². The van der Waals surface area contributed by atoms with E-state index in [0.29, 0.717) is 5.56 Å². The standard InChI is InChI=1S/C17H24O7/c1-16(2,3)23-14(19)21-12-8-7-11(10-18)13(9-12)22-15(20)24-17(4,5)6/h7-9,18H,10H2,1-6H3. The SMILES string of the molecule is CC(C)(C)OC(=O)Oc1ccc(CO)c(OC(=O)OC(C)(C)C)c1. The third-order valence-corrected chi connectivity index (χ3v) is 2.38. The van der Waals surface area contributed by atoms with Crippen LogP contribution in [0.4, 0.5) is 9.59 Å². The topological polar surface area (TPSA) is 91.3 Å². The van der Waals surface area contributed by atoms with Crippen LogP contribution in [0.1, 0.15) is 47.1 Å². The molecule has 0 unspecified atom stereocenters. The third-order valence-electron chi connectivity index (χ3n) is 2.38. The first-order chi connectivity index (χ1) is 10.9. The van der Waals surface area contributed by atoms with Gasteiger partial charge in [0.25, 0.3) is 0 Å². The van der Waals surface area contributed by atoms with Gasteiger partial charge in [0.15, 0.2) is 0 Å². The molecule has 0 atom stereocenters. The Morgan fingerprint density at radius 2 is 1.42 bits per heavy atom. The summed E-state index contributed by atoms with van der Waals surface area (Å²) >= 11 is 0. The quantitative estimate of drug-likeness (QED) is 0.661. The van der Waals surface area contributed by atoms with Gasteiger partial charge in [0.05, 0.1) is 6.61 Å². The molecule has 7 heteroatoms. The molecule has 0 aromatic heterocycles. The Morgan fingerprint density at radius 1 is 0.917 bits per heavy atom. The van der Waals surface area contributed by atoms with Gasteiger partial charge in [-0.15, -0.1) is 0 Å². The lowest BCUT2D eigenvalue weighted by molar-refractivity contribution is 0.0201. The van der Waals surface area contributed by atoms with E-state index >= 15 is 0 Å². The summed E-state index contributed by atoms with van der Waals surface area (Å²) in [5, 5.41) is 9.32. The second-order valence-corrected chi connectivity index (χ2v) is 7.06. The van der Waals surface area contributed by atoms with Gasteiger partial charge in [0, 0.05) is 11.6 Å². The molecular weight excluding hydrogens is 316 g/mol. The molecule has 7 nitrogen and oxygen atoms in total. The van der Waals surface area contributed by atoms with Gasteiger partial charge in [-0.1, -0.05) is 0 Å². The maximum Gasteiger partial charge on any atom is 0.514 e. The number of rotatable bonds is 3. The number of carbonyl (C=O) groups excluding carboxylic acids is 2. The van der Waals surface area contributed by atoms with E-state index in [1.807, 2.05) is 0 Å². The van der Waals surface area contributed by atoms with Crippen molar-refractivity contribution < 1.29 is 33.6 Å². The Bertz CT molecular complexity index is 594. The second-order valence-electron chi connectivity index (χ2n) is 7.06. The number of aliphatic hydroxyl groups excluding tert-OH is 1. The van der Waals surface area contributed by atoms with Crippen LogP contribution >= 0.6 is 0 Å². The molecule has 1 rings (SSSR count). The average molecular weight is 340 g/mol. The number of hydrogen-bond acceptors (Lipinski definition) is 7. The lowest BCUT2D eigenvalue weighted by Gasteiger charge is -2.20. The molecule has 1 N–H and O–H groups in total. The summed E-state index contributed by atoms with van der Waals surface area (Å²) in [4.78, 5) is 23.4. The lowest BCUT2D eigenvalue weighted by atomic mass is 10.2. The van der Waals surface area contributed by atoms with Crippen molar-refractivity contribution in [3.8, 4) is 11.5 Å². The normalized spacial score (nSPS) is 11.6. The highest BCUT2D eigenvalue weighted by atomic mass is 16.7. The van der Waals surface area contributed by atoms with Gasteiger partial charge in [-0.2, -0.15) is 0 Å². The number of ether oxygens (including phenoxy) is 4. The Hall–Kier alpha value is -2.28. The van der Waals surface area contributed by atoms with Crippen LogP contribution in [-0.2, 0) is 16.1 Å². The molecule has 0 spiro atoms. The fourth-order valence-corrected chi connectivity index (χ4v) is 1.55. The fraction of sp³-hybridized carbons (Fsp3) is 0.529. The zero-order valence-electron chi connectivity index (χ0n) is 14.8. The minimum Gasteiger partial charge on any atom is -0.428 e. The summed E-state index contributed by atoms with van der Waals surface area (Å²) in [6.07, 6.45) is -1.81. The van der Waals surface area contributed by atoms with Crippen LogP contribution < -0.4 is 9.47 Å². The number of benzene rings is 1. The summed E-state index contributed by atoms with van der Waals surface area (Å²) in [6, 6.07) is 4.23. The summed E-state index contributed by atoms with van der Waals surface area (Å²) in [5.74, 6) is 0.146. The summed E-state index contributed by atoms with van der Waals surface area (Å²) in [6.45, 7) is 9.86. The van der Waals surface area contributed by atoms with Crippen molar-refractivity contribution in [2.75, 3.05) is 0 Å². The van der Waals surface area contributed by atoms with E-state index in [-0.39, 0.29) is 18.1 Å². The molecule has 0 bridgehead atoms. The zero-order valence-corrected chi connectivity index (χ0v) is 14.8. The molecule has 0 saturated carbocycles. The highest BCUT2D eigenvalue weighted by Crippen LogP contribution is 2.26. The van der Waals surface area contributed by atoms with Crippen molar-refractivity contribution in [2.24, 2.45) is 0 Å². The molecule has 24 heavy (non-hydrogen) atoms. The van der Waals surface area contributed by atoms with Gasteiger partial charge >= 0.3 is 12.3 Å². The molecule has 0 aliphatic heterocycles. The van der Waals surface area contributed by atoms with E-state index in [1.165, 1.54) is 18.2 Å². The van der Waals surface area contributed by atoms with Crippen LogP contribution in [0.25, 0.3) is 0 Å². The molecule has 1 aromatic carbocycles. The van der Waals surface area contributed by atoms with Crippen molar-refractivity contribution in [1.82, 2.24) is 0 Å². The summed E-state index contributed by atoms with van der Waals surface area (Å²) in [5.41, 5.74) is -1.07. The van der Waals surface area contributed by atoms with Crippen LogP contribution in [0.5, 0.6) is 11.5 Å². The number of aliphatic hydroxyl groups is 1. The second kappa shape index (κ2) is 7.53. The van der Waals surface area contributed by atoms with E-state index < -0.39 is 23.5 Å². The van der Waals surface area contributed by atoms with Crippen molar-refractivity contribution >= 4 is 12.3 Å². The first-order valence-electron chi connectivity index (χ1n) is 7.45. The lowest BCUT2D eigenvalue weighted by Crippen LogP contribution is -2.26. The molecule has 0 saturated heterocycles. The maximum absolute atomic E-state index is 11.8. The molecule has 1 aromatic rings. The van der Waals surface area contributed by atoms with Crippen molar-refractivity contribution in [2.45, 2.75) is 59.4 Å². The fourth-order valence-electron chi connectivity index (χ4n) is 1.55. The first kappa shape index (κ1) is 19.8. The van der Waals surface area contributed by atoms with Crippen LogP contribution in [0, 0.1) is 0 Å². The van der Waals surface area contributed by atoms with Gasteiger partial charge in [-0.05, 0) is 53.7 Å². The first-order valence-corrected chi connectivity index (χ1v) is 7.45. The van der Waals surface area contributed by atoms with Gasteiger partial charge in [0.2, 0.25) is 0 Å². The molecule has 0 fully saturated rings. The minimum absolute atomic E-state index is 0.0350. The molecule has 0 radical (unpaired) electrons. The molecule has 0 aliphatic carbocycles. The van der Waals surface area contributed by atoms with Gasteiger partial charge < -0.3 is 24.1 Å². The minimum atomic E-state index is -0.924.